The minimum Gasteiger partial charge on any atom is -0.469 e. The van der Waals surface area contributed by atoms with Crippen molar-refractivity contribution in [3.63, 3.8) is 0 Å². The number of carbonyl (C=O) groups is 1. The number of rotatable bonds is 2. The van der Waals surface area contributed by atoms with Gasteiger partial charge in [-0.25, -0.2) is 0 Å². The quantitative estimate of drug-likeness (QED) is 0.470. The van der Waals surface area contributed by atoms with Crippen LogP contribution in [0.1, 0.15) is 12.8 Å². The third-order valence-electron chi connectivity index (χ3n) is 2.03. The number of esters is 1. The molecule has 1 rings (SSSR count). The average Bonchev–Trinajstić information content (AvgIpc) is 2.36. The molecule has 0 unspecified atom stereocenters. The second-order valence-electron chi connectivity index (χ2n) is 2.95. The highest BCUT2D eigenvalue weighted by atomic mass is 31.2. The summed E-state index contributed by atoms with van der Waals surface area (Å²) in [6, 6.07) is 0. The molecule has 0 saturated carbocycles. The number of hydrogen-bond donors (Lipinski definition) is 0. The summed E-state index contributed by atoms with van der Waals surface area (Å²) in [6.07, 6.45) is 3.65. The highest BCUT2D eigenvalue weighted by molar-refractivity contribution is 7.65. The minimum atomic E-state index is -2.12. The molecule has 3 nitrogen and oxygen atoms in total. The van der Waals surface area contributed by atoms with Gasteiger partial charge in [-0.2, -0.15) is 0 Å². The second kappa shape index (κ2) is 3.40. The molecular weight excluding hydrogens is 163 g/mol. The van der Waals surface area contributed by atoms with Crippen LogP contribution in [0.15, 0.2) is 0 Å². The van der Waals surface area contributed by atoms with E-state index < -0.39 is 7.14 Å². The van der Waals surface area contributed by atoms with E-state index in [9.17, 15) is 9.36 Å². The van der Waals surface area contributed by atoms with E-state index in [2.05, 4.69) is 4.74 Å². The third-order valence-corrected chi connectivity index (χ3v) is 5.12. The summed E-state index contributed by atoms with van der Waals surface area (Å²) in [5.74, 6) is -0.324. The number of methoxy groups -OCH3 is 1. The molecule has 0 aromatic rings. The molecule has 0 aliphatic carbocycles. The Hall–Kier alpha value is -0.300. The Morgan fingerprint density at radius 1 is 1.45 bits per heavy atom. The predicted molar refractivity (Wildman–Crippen MR) is 43.5 cm³/mol. The summed E-state index contributed by atoms with van der Waals surface area (Å²) in [7, 11) is -0.779. The van der Waals surface area contributed by atoms with Crippen molar-refractivity contribution in [1.82, 2.24) is 0 Å². The highest BCUT2D eigenvalue weighted by Gasteiger charge is 2.29. The van der Waals surface area contributed by atoms with Crippen molar-refractivity contribution < 1.29 is 14.1 Å². The molecule has 0 bridgehead atoms. The lowest BCUT2D eigenvalue weighted by atomic mass is 10.4. The van der Waals surface area contributed by atoms with E-state index in [4.69, 9.17) is 0 Å². The van der Waals surface area contributed by atoms with Crippen molar-refractivity contribution in [2.75, 3.05) is 25.6 Å². The molecule has 1 saturated heterocycles. The zero-order valence-corrected chi connectivity index (χ0v) is 7.60. The van der Waals surface area contributed by atoms with Crippen molar-refractivity contribution >= 4 is 13.1 Å². The van der Waals surface area contributed by atoms with Crippen molar-refractivity contribution in [3.05, 3.63) is 0 Å². The first-order chi connectivity index (χ1) is 5.16. The Balaban J connectivity index is 2.47. The minimum absolute atomic E-state index is 0.156. The SMILES string of the molecule is COC(=O)CP1(=O)CCCC1. The Morgan fingerprint density at radius 2 is 2.00 bits per heavy atom. The molecule has 0 radical (unpaired) electrons. The van der Waals surface area contributed by atoms with Gasteiger partial charge in [-0.3, -0.25) is 4.79 Å². The van der Waals surface area contributed by atoms with Crippen LogP contribution in [0.5, 0.6) is 0 Å². The largest absolute Gasteiger partial charge is 0.469 e. The van der Waals surface area contributed by atoms with Gasteiger partial charge in [0.15, 0.2) is 0 Å². The van der Waals surface area contributed by atoms with Crippen LogP contribution in [0.25, 0.3) is 0 Å². The van der Waals surface area contributed by atoms with Gasteiger partial charge in [0.05, 0.1) is 20.4 Å². The second-order valence-corrected chi connectivity index (χ2v) is 6.27. The van der Waals surface area contributed by atoms with Crippen molar-refractivity contribution in [2.45, 2.75) is 12.8 Å². The number of hydrogen-bond acceptors (Lipinski definition) is 3. The van der Waals surface area contributed by atoms with Crippen LogP contribution in [0.4, 0.5) is 0 Å². The van der Waals surface area contributed by atoms with Crippen LogP contribution in [0.2, 0.25) is 0 Å². The average molecular weight is 176 g/mol. The Labute approximate surface area is 66.5 Å². The van der Waals surface area contributed by atoms with Gasteiger partial charge in [-0.1, -0.05) is 0 Å². The van der Waals surface area contributed by atoms with E-state index in [0.717, 1.165) is 25.2 Å². The van der Waals surface area contributed by atoms with Gasteiger partial charge in [0.2, 0.25) is 0 Å². The molecule has 0 amide bonds. The van der Waals surface area contributed by atoms with Crippen LogP contribution in [0, 0.1) is 0 Å². The highest BCUT2D eigenvalue weighted by Crippen LogP contribution is 2.51. The van der Waals surface area contributed by atoms with Crippen LogP contribution in [-0.4, -0.2) is 31.6 Å². The molecule has 0 aromatic carbocycles. The third kappa shape index (κ3) is 2.33. The monoisotopic (exact) mass is 176 g/mol. The normalized spacial score (nSPS) is 21.5. The van der Waals surface area contributed by atoms with E-state index in [1.54, 1.807) is 0 Å². The van der Waals surface area contributed by atoms with Crippen LogP contribution < -0.4 is 0 Å². The summed E-state index contributed by atoms with van der Waals surface area (Å²) in [4.78, 5) is 10.8. The van der Waals surface area contributed by atoms with Crippen LogP contribution in [0.3, 0.4) is 0 Å². The Morgan fingerprint density at radius 3 is 2.45 bits per heavy atom. The molecule has 11 heavy (non-hydrogen) atoms. The Kier molecular flexibility index (Phi) is 2.72. The van der Waals surface area contributed by atoms with Gasteiger partial charge < -0.3 is 9.30 Å². The molecule has 1 fully saturated rings. The fraction of sp³-hybridized carbons (Fsp3) is 0.857. The smallest absolute Gasteiger partial charge is 0.312 e. The maximum absolute atomic E-state index is 11.7. The summed E-state index contributed by atoms with van der Waals surface area (Å²) < 4.78 is 16.1. The van der Waals surface area contributed by atoms with Crippen LogP contribution >= 0.6 is 7.14 Å². The molecule has 4 heteroatoms. The lowest BCUT2D eigenvalue weighted by Gasteiger charge is -2.07. The summed E-state index contributed by atoms with van der Waals surface area (Å²) in [5, 5.41) is 0. The van der Waals surface area contributed by atoms with Gasteiger partial charge in [-0.05, 0) is 12.8 Å². The standard InChI is InChI=1S/C7H13O3P/c1-10-7(8)6-11(9)4-2-3-5-11/h2-6H2,1H3. The van der Waals surface area contributed by atoms with Crippen molar-refractivity contribution in [2.24, 2.45) is 0 Å². The summed E-state index contributed by atoms with van der Waals surface area (Å²) in [5.41, 5.74) is 0. The lowest BCUT2D eigenvalue weighted by Crippen LogP contribution is -2.08. The van der Waals surface area contributed by atoms with E-state index >= 15 is 0 Å². The topological polar surface area (TPSA) is 43.4 Å². The number of carbonyl (C=O) groups excluding carboxylic acids is 1. The molecular formula is C7H13O3P. The first-order valence-electron chi connectivity index (χ1n) is 3.80. The molecule has 0 atom stereocenters. The molecule has 1 aliphatic heterocycles. The van der Waals surface area contributed by atoms with Gasteiger partial charge in [0, 0.05) is 12.3 Å². The molecule has 0 N–H and O–H groups in total. The van der Waals surface area contributed by atoms with Gasteiger partial charge in [-0.15, -0.1) is 0 Å². The Bertz CT molecular complexity index is 190. The van der Waals surface area contributed by atoms with Gasteiger partial charge in [0.25, 0.3) is 0 Å². The summed E-state index contributed by atoms with van der Waals surface area (Å²) >= 11 is 0. The first-order valence-corrected chi connectivity index (χ1v) is 6.06. The van der Waals surface area contributed by atoms with E-state index in [1.165, 1.54) is 7.11 Å². The predicted octanol–water partition coefficient (Wildman–Crippen LogP) is 1.32. The molecule has 64 valence electrons. The zero-order valence-electron chi connectivity index (χ0n) is 6.71. The van der Waals surface area contributed by atoms with Gasteiger partial charge in [0.1, 0.15) is 0 Å². The van der Waals surface area contributed by atoms with E-state index in [0.29, 0.717) is 0 Å². The van der Waals surface area contributed by atoms with E-state index in [1.807, 2.05) is 0 Å². The fourth-order valence-electron chi connectivity index (χ4n) is 1.37. The molecule has 1 aliphatic rings. The first kappa shape index (κ1) is 8.79. The molecule has 0 spiro atoms. The van der Waals surface area contributed by atoms with Crippen molar-refractivity contribution in [1.29, 1.82) is 0 Å². The van der Waals surface area contributed by atoms with Crippen LogP contribution in [-0.2, 0) is 14.1 Å². The zero-order chi connectivity index (χ0) is 8.32. The number of ether oxygens (including phenoxy) is 1. The van der Waals surface area contributed by atoms with Gasteiger partial charge >= 0.3 is 5.97 Å². The fourth-order valence-corrected chi connectivity index (χ4v) is 4.11. The van der Waals surface area contributed by atoms with Crippen molar-refractivity contribution in [3.8, 4) is 0 Å². The molecule has 1 heterocycles. The van der Waals surface area contributed by atoms with E-state index in [-0.39, 0.29) is 12.1 Å². The summed E-state index contributed by atoms with van der Waals surface area (Å²) in [6.45, 7) is 0. The maximum atomic E-state index is 11.7. The molecule has 0 aromatic heterocycles. The maximum Gasteiger partial charge on any atom is 0.312 e. The lowest BCUT2D eigenvalue weighted by molar-refractivity contribution is -0.137.